The van der Waals surface area contributed by atoms with Gasteiger partial charge in [0, 0.05) is 12.7 Å². The predicted octanol–water partition coefficient (Wildman–Crippen LogP) is 1.74. The number of nitrogens with zero attached hydrogens (tertiary/aromatic N) is 1. The SMILES string of the molecule is CNc1ccc(C#N)c(F)c1. The first-order valence-electron chi connectivity index (χ1n) is 3.15. The Morgan fingerprint density at radius 3 is 2.73 bits per heavy atom. The van der Waals surface area contributed by atoms with E-state index in [1.54, 1.807) is 19.2 Å². The Kier molecular flexibility index (Phi) is 2.07. The van der Waals surface area contributed by atoms with E-state index in [1.165, 1.54) is 12.1 Å². The van der Waals surface area contributed by atoms with Gasteiger partial charge in [-0.15, -0.1) is 0 Å². The van der Waals surface area contributed by atoms with Crippen molar-refractivity contribution in [3.05, 3.63) is 29.6 Å². The van der Waals surface area contributed by atoms with Crippen LogP contribution in [0, 0.1) is 17.1 Å². The minimum atomic E-state index is -0.487. The van der Waals surface area contributed by atoms with Crippen LogP contribution < -0.4 is 5.32 Å². The van der Waals surface area contributed by atoms with Crippen molar-refractivity contribution < 1.29 is 4.39 Å². The van der Waals surface area contributed by atoms with Crippen LogP contribution in [0.1, 0.15) is 5.56 Å². The van der Waals surface area contributed by atoms with E-state index in [0.717, 1.165) is 0 Å². The van der Waals surface area contributed by atoms with Crippen molar-refractivity contribution in [3.63, 3.8) is 0 Å². The fourth-order valence-electron chi connectivity index (χ4n) is 0.761. The Hall–Kier alpha value is -1.56. The number of nitriles is 1. The summed E-state index contributed by atoms with van der Waals surface area (Å²) < 4.78 is 12.8. The van der Waals surface area contributed by atoms with Crippen LogP contribution in [-0.2, 0) is 0 Å². The normalized spacial score (nSPS) is 8.82. The molecule has 0 aliphatic carbocycles. The molecule has 0 saturated carbocycles. The standard InChI is InChI=1S/C8H7FN2/c1-11-7-3-2-6(5-10)8(9)4-7/h2-4,11H,1H3. The van der Waals surface area contributed by atoms with Crippen LogP contribution in [0.3, 0.4) is 0 Å². The lowest BCUT2D eigenvalue weighted by molar-refractivity contribution is 0.624. The Labute approximate surface area is 64.3 Å². The molecule has 1 aromatic rings. The van der Waals surface area contributed by atoms with Crippen molar-refractivity contribution in [2.75, 3.05) is 12.4 Å². The molecular formula is C8H7FN2. The van der Waals surface area contributed by atoms with Crippen LogP contribution in [0.4, 0.5) is 10.1 Å². The predicted molar refractivity (Wildman–Crippen MR) is 40.7 cm³/mol. The second-order valence-electron chi connectivity index (χ2n) is 2.06. The Bertz CT molecular complexity index is 301. The van der Waals surface area contributed by atoms with Gasteiger partial charge in [-0.05, 0) is 18.2 Å². The zero-order valence-corrected chi connectivity index (χ0v) is 6.06. The number of nitrogens with one attached hydrogen (secondary N) is 1. The third kappa shape index (κ3) is 1.47. The van der Waals surface area contributed by atoms with Gasteiger partial charge in [0.15, 0.2) is 0 Å². The summed E-state index contributed by atoms with van der Waals surface area (Å²) >= 11 is 0. The third-order valence-corrected chi connectivity index (χ3v) is 1.38. The molecule has 0 heterocycles. The minimum Gasteiger partial charge on any atom is -0.388 e. The number of hydrogen-bond donors (Lipinski definition) is 1. The number of hydrogen-bond acceptors (Lipinski definition) is 2. The van der Waals surface area contributed by atoms with Crippen LogP contribution in [0.15, 0.2) is 18.2 Å². The number of benzene rings is 1. The molecule has 0 aliphatic heterocycles. The smallest absolute Gasteiger partial charge is 0.143 e. The molecule has 0 radical (unpaired) electrons. The van der Waals surface area contributed by atoms with Crippen molar-refractivity contribution in [3.8, 4) is 6.07 Å². The van der Waals surface area contributed by atoms with Gasteiger partial charge in [-0.1, -0.05) is 0 Å². The van der Waals surface area contributed by atoms with E-state index in [1.807, 2.05) is 0 Å². The molecule has 0 atom stereocenters. The van der Waals surface area contributed by atoms with Gasteiger partial charge in [0.2, 0.25) is 0 Å². The fourth-order valence-corrected chi connectivity index (χ4v) is 0.761. The van der Waals surface area contributed by atoms with Gasteiger partial charge in [-0.2, -0.15) is 5.26 Å². The fraction of sp³-hybridized carbons (Fsp3) is 0.125. The van der Waals surface area contributed by atoms with Crippen LogP contribution in [0.5, 0.6) is 0 Å². The minimum absolute atomic E-state index is 0.0731. The second kappa shape index (κ2) is 3.02. The molecule has 0 saturated heterocycles. The lowest BCUT2D eigenvalue weighted by atomic mass is 10.2. The van der Waals surface area contributed by atoms with Gasteiger partial charge in [-0.3, -0.25) is 0 Å². The monoisotopic (exact) mass is 150 g/mol. The molecule has 0 fully saturated rings. The van der Waals surface area contributed by atoms with Crippen LogP contribution >= 0.6 is 0 Å². The molecule has 0 unspecified atom stereocenters. The highest BCUT2D eigenvalue weighted by atomic mass is 19.1. The molecule has 3 heteroatoms. The van der Waals surface area contributed by atoms with Crippen molar-refractivity contribution in [1.82, 2.24) is 0 Å². The summed E-state index contributed by atoms with van der Waals surface area (Å²) in [7, 11) is 1.70. The maximum Gasteiger partial charge on any atom is 0.143 e. The first-order chi connectivity index (χ1) is 5.27. The summed E-state index contributed by atoms with van der Waals surface area (Å²) in [5.41, 5.74) is 0.741. The van der Waals surface area contributed by atoms with E-state index >= 15 is 0 Å². The van der Waals surface area contributed by atoms with Gasteiger partial charge in [0.1, 0.15) is 11.9 Å². The summed E-state index contributed by atoms with van der Waals surface area (Å²) in [6.07, 6.45) is 0. The van der Waals surface area contributed by atoms with E-state index in [0.29, 0.717) is 5.69 Å². The topological polar surface area (TPSA) is 35.8 Å². The lowest BCUT2D eigenvalue weighted by Gasteiger charge is -1.98. The molecule has 1 aromatic carbocycles. The maximum atomic E-state index is 12.8. The molecule has 56 valence electrons. The van der Waals surface area contributed by atoms with Crippen molar-refractivity contribution >= 4 is 5.69 Å². The molecule has 0 amide bonds. The van der Waals surface area contributed by atoms with Gasteiger partial charge in [0.25, 0.3) is 0 Å². The van der Waals surface area contributed by atoms with Gasteiger partial charge in [-0.25, -0.2) is 4.39 Å². The average molecular weight is 150 g/mol. The molecule has 1 N–H and O–H groups in total. The van der Waals surface area contributed by atoms with E-state index in [-0.39, 0.29) is 5.56 Å². The van der Waals surface area contributed by atoms with Crippen molar-refractivity contribution in [1.29, 1.82) is 5.26 Å². The van der Waals surface area contributed by atoms with E-state index < -0.39 is 5.82 Å². The summed E-state index contributed by atoms with van der Waals surface area (Å²) in [4.78, 5) is 0. The van der Waals surface area contributed by atoms with Crippen LogP contribution in [0.2, 0.25) is 0 Å². The first-order valence-corrected chi connectivity index (χ1v) is 3.15. The molecule has 2 nitrogen and oxygen atoms in total. The highest BCUT2D eigenvalue weighted by Crippen LogP contribution is 2.12. The summed E-state index contributed by atoms with van der Waals surface area (Å²) in [5, 5.41) is 11.1. The molecule has 1 rings (SSSR count). The van der Waals surface area contributed by atoms with Gasteiger partial charge in [0.05, 0.1) is 5.56 Å². The highest BCUT2D eigenvalue weighted by molar-refractivity contribution is 5.47. The quantitative estimate of drug-likeness (QED) is 0.661. The van der Waals surface area contributed by atoms with Gasteiger partial charge >= 0.3 is 0 Å². The zero-order chi connectivity index (χ0) is 8.27. The largest absolute Gasteiger partial charge is 0.388 e. The van der Waals surface area contributed by atoms with E-state index in [2.05, 4.69) is 5.32 Å². The molecule has 0 aromatic heterocycles. The van der Waals surface area contributed by atoms with E-state index in [9.17, 15) is 4.39 Å². The number of halogens is 1. The molecule has 0 aliphatic rings. The summed E-state index contributed by atoms with van der Waals surface area (Å²) in [5.74, 6) is -0.487. The second-order valence-corrected chi connectivity index (χ2v) is 2.06. The van der Waals surface area contributed by atoms with Crippen LogP contribution in [-0.4, -0.2) is 7.05 Å². The number of rotatable bonds is 1. The molecular weight excluding hydrogens is 143 g/mol. The molecule has 0 spiro atoms. The van der Waals surface area contributed by atoms with Crippen molar-refractivity contribution in [2.24, 2.45) is 0 Å². The summed E-state index contributed by atoms with van der Waals surface area (Å²) in [6, 6.07) is 6.13. The highest BCUT2D eigenvalue weighted by Gasteiger charge is 1.99. The molecule has 11 heavy (non-hydrogen) atoms. The lowest BCUT2D eigenvalue weighted by Crippen LogP contribution is -1.90. The number of anilines is 1. The molecule has 0 bridgehead atoms. The third-order valence-electron chi connectivity index (χ3n) is 1.38. The van der Waals surface area contributed by atoms with Gasteiger partial charge < -0.3 is 5.32 Å². The average Bonchev–Trinajstić information content (AvgIpc) is 2.04. The van der Waals surface area contributed by atoms with Crippen molar-refractivity contribution in [2.45, 2.75) is 0 Å². The zero-order valence-electron chi connectivity index (χ0n) is 6.06. The summed E-state index contributed by atoms with van der Waals surface area (Å²) in [6.45, 7) is 0. The maximum absolute atomic E-state index is 12.8. The Balaban J connectivity index is 3.12. The van der Waals surface area contributed by atoms with Crippen LogP contribution in [0.25, 0.3) is 0 Å². The Morgan fingerprint density at radius 2 is 2.27 bits per heavy atom. The van der Waals surface area contributed by atoms with E-state index in [4.69, 9.17) is 5.26 Å². The first kappa shape index (κ1) is 7.55. The Morgan fingerprint density at radius 1 is 1.55 bits per heavy atom.